The lowest BCUT2D eigenvalue weighted by atomic mass is 9.71. The summed E-state index contributed by atoms with van der Waals surface area (Å²) in [5, 5.41) is 18.0. The molecule has 0 amide bonds. The van der Waals surface area contributed by atoms with Gasteiger partial charge in [-0.2, -0.15) is 0 Å². The van der Waals surface area contributed by atoms with Crippen LogP contribution in [0.5, 0.6) is 23.3 Å². The Morgan fingerprint density at radius 3 is 1.46 bits per heavy atom. The van der Waals surface area contributed by atoms with E-state index in [1.165, 1.54) is 11.1 Å². The van der Waals surface area contributed by atoms with Crippen molar-refractivity contribution in [3.05, 3.63) is 92.2 Å². The minimum atomic E-state index is -0.644. The van der Waals surface area contributed by atoms with Crippen molar-refractivity contribution in [3.8, 4) is 23.3 Å². The first-order chi connectivity index (χ1) is 19.8. The van der Waals surface area contributed by atoms with E-state index < -0.39 is 5.41 Å². The van der Waals surface area contributed by atoms with Gasteiger partial charge < -0.3 is 9.47 Å². The molecule has 0 atom stereocenters. The fourth-order valence-corrected chi connectivity index (χ4v) is 6.25. The number of rotatable bonds is 10. The van der Waals surface area contributed by atoms with Crippen LogP contribution in [0.25, 0.3) is 0 Å². The van der Waals surface area contributed by atoms with Crippen molar-refractivity contribution >= 4 is 23.2 Å². The van der Waals surface area contributed by atoms with E-state index in [2.05, 4.69) is 84.5 Å². The highest BCUT2D eigenvalue weighted by Crippen LogP contribution is 2.51. The van der Waals surface area contributed by atoms with Crippen molar-refractivity contribution in [3.63, 3.8) is 0 Å². The minimum Gasteiger partial charge on any atom is -0.437 e. The molecule has 2 aliphatic carbocycles. The van der Waals surface area contributed by atoms with Crippen LogP contribution in [0.15, 0.2) is 48.5 Å². The number of halogens is 2. The third-order valence-corrected chi connectivity index (χ3v) is 8.98. The molecule has 2 saturated carbocycles. The second-order valence-corrected chi connectivity index (χ2v) is 12.1. The summed E-state index contributed by atoms with van der Waals surface area (Å²) >= 11 is 13.0. The molecule has 41 heavy (non-hydrogen) atoms. The first kappa shape index (κ1) is 27.9. The number of ether oxygens (including phenoxy) is 2. The molecular weight excluding hydrogens is 555 g/mol. The number of aromatic nitrogens is 4. The summed E-state index contributed by atoms with van der Waals surface area (Å²) in [7, 11) is 0. The van der Waals surface area contributed by atoms with E-state index in [4.69, 9.17) is 32.7 Å². The number of para-hydroxylation sites is 2. The molecule has 0 unspecified atom stereocenters. The van der Waals surface area contributed by atoms with E-state index >= 15 is 0 Å². The smallest absolute Gasteiger partial charge is 0.243 e. The summed E-state index contributed by atoms with van der Waals surface area (Å²) in [6.07, 6.45) is 6.03. The molecule has 0 radical (unpaired) electrons. The van der Waals surface area contributed by atoms with E-state index in [9.17, 15) is 0 Å². The Labute approximate surface area is 251 Å². The van der Waals surface area contributed by atoms with Crippen molar-refractivity contribution in [1.82, 2.24) is 20.4 Å². The molecule has 2 aromatic carbocycles. The predicted octanol–water partition coefficient (Wildman–Crippen LogP) is 9.64. The highest BCUT2D eigenvalue weighted by Gasteiger charge is 2.40. The highest BCUT2D eigenvalue weighted by molar-refractivity contribution is 6.29. The lowest BCUT2D eigenvalue weighted by Crippen LogP contribution is -2.28. The van der Waals surface area contributed by atoms with Gasteiger partial charge in [0, 0.05) is 16.5 Å². The predicted molar refractivity (Wildman–Crippen MR) is 162 cm³/mol. The van der Waals surface area contributed by atoms with Gasteiger partial charge in [0.2, 0.25) is 11.8 Å². The fraction of sp³-hybridized carbons (Fsp3) is 0.394. The molecule has 2 aliphatic rings. The van der Waals surface area contributed by atoms with Crippen LogP contribution in [-0.4, -0.2) is 20.4 Å². The summed E-state index contributed by atoms with van der Waals surface area (Å²) in [4.78, 5) is 0. The lowest BCUT2D eigenvalue weighted by Gasteiger charge is -2.34. The van der Waals surface area contributed by atoms with Crippen molar-refractivity contribution < 1.29 is 9.47 Å². The maximum absolute atomic E-state index is 6.68. The third kappa shape index (κ3) is 5.40. The van der Waals surface area contributed by atoms with Crippen LogP contribution in [0.3, 0.4) is 0 Å². The quantitative estimate of drug-likeness (QED) is 0.183. The number of aryl methyl sites for hydroxylation is 2. The van der Waals surface area contributed by atoms with Gasteiger partial charge in [0.1, 0.15) is 11.5 Å². The van der Waals surface area contributed by atoms with Crippen LogP contribution in [0.4, 0.5) is 0 Å². The van der Waals surface area contributed by atoms with Gasteiger partial charge >= 0.3 is 0 Å². The first-order valence-electron chi connectivity index (χ1n) is 14.5. The second kappa shape index (κ2) is 11.2. The van der Waals surface area contributed by atoms with Gasteiger partial charge in [-0.1, -0.05) is 73.4 Å². The molecule has 2 fully saturated rings. The molecule has 0 N–H and O–H groups in total. The molecule has 0 bridgehead atoms. The molecule has 4 aromatic rings. The van der Waals surface area contributed by atoms with Crippen LogP contribution in [0, 0.1) is 13.8 Å². The van der Waals surface area contributed by atoms with Gasteiger partial charge in [-0.3, -0.25) is 0 Å². The van der Waals surface area contributed by atoms with Crippen molar-refractivity contribution in [1.29, 1.82) is 0 Å². The van der Waals surface area contributed by atoms with Crippen LogP contribution in [0.1, 0.15) is 97.6 Å². The summed E-state index contributed by atoms with van der Waals surface area (Å²) < 4.78 is 13.4. The van der Waals surface area contributed by atoms with Crippen LogP contribution in [0.2, 0.25) is 10.3 Å². The summed E-state index contributed by atoms with van der Waals surface area (Å²) in [5.41, 5.74) is 5.50. The maximum Gasteiger partial charge on any atom is 0.243 e. The van der Waals surface area contributed by atoms with E-state index in [0.29, 0.717) is 36.4 Å². The molecule has 6 nitrogen and oxygen atoms in total. The largest absolute Gasteiger partial charge is 0.437 e. The Balaban J connectivity index is 1.50. The molecule has 8 heteroatoms. The third-order valence-electron chi connectivity index (χ3n) is 8.62. The summed E-state index contributed by atoms with van der Waals surface area (Å²) in [6, 6.07) is 16.3. The SMILES string of the molecule is CCC(CC)(c1cc(Cl)nnc1Oc1c(C)cccc1C1CC1)c1cc(Cl)nnc1Oc1c(C)cccc1C1CC1. The number of nitrogens with zero attached hydrogens (tertiary/aromatic N) is 4. The van der Waals surface area contributed by atoms with Crippen molar-refractivity contribution in [2.24, 2.45) is 0 Å². The van der Waals surface area contributed by atoms with E-state index in [1.54, 1.807) is 0 Å². The van der Waals surface area contributed by atoms with E-state index in [0.717, 1.165) is 59.4 Å². The zero-order chi connectivity index (χ0) is 28.7. The van der Waals surface area contributed by atoms with E-state index in [1.807, 2.05) is 12.1 Å². The van der Waals surface area contributed by atoms with Crippen molar-refractivity contribution in [2.75, 3.05) is 0 Å². The Bertz CT molecular complexity index is 1480. The van der Waals surface area contributed by atoms with Gasteiger partial charge in [-0.25, -0.2) is 0 Å². The average Bonchev–Trinajstić information content (AvgIpc) is 3.88. The van der Waals surface area contributed by atoms with Crippen molar-refractivity contribution in [2.45, 2.75) is 83.5 Å². The Morgan fingerprint density at radius 1 is 0.683 bits per heavy atom. The van der Waals surface area contributed by atoms with Gasteiger partial charge in [-0.05, 0) is 98.6 Å². The first-order valence-corrected chi connectivity index (χ1v) is 15.2. The Morgan fingerprint density at radius 2 is 1.10 bits per heavy atom. The van der Waals surface area contributed by atoms with Crippen LogP contribution < -0.4 is 9.47 Å². The average molecular weight is 590 g/mol. The Kier molecular flexibility index (Phi) is 7.64. The maximum atomic E-state index is 6.68. The second-order valence-electron chi connectivity index (χ2n) is 11.3. The zero-order valence-corrected chi connectivity index (χ0v) is 25.4. The minimum absolute atomic E-state index is 0.288. The molecular formula is C33H34Cl2N4O2. The Hall–Kier alpha value is -3.22. The lowest BCUT2D eigenvalue weighted by molar-refractivity contribution is 0.380. The standard InChI is InChI=1S/C33H34Cl2N4O2/c1-5-33(6-2,25-17-27(34)36-38-31(25)40-29-19(3)9-7-11-23(29)21-13-14-21)26-18-28(35)37-39-32(26)41-30-20(4)10-8-12-24(30)22-15-16-22/h7-12,17-18,21-22H,5-6,13-16H2,1-4H3. The number of hydrogen-bond acceptors (Lipinski definition) is 6. The molecule has 2 heterocycles. The van der Waals surface area contributed by atoms with E-state index in [-0.39, 0.29) is 10.3 Å². The summed E-state index contributed by atoms with van der Waals surface area (Å²) in [6.45, 7) is 8.39. The fourth-order valence-electron chi connectivity index (χ4n) is 5.96. The molecule has 2 aromatic heterocycles. The molecule has 6 rings (SSSR count). The number of benzene rings is 2. The van der Waals surface area contributed by atoms with Crippen LogP contribution >= 0.6 is 23.2 Å². The zero-order valence-electron chi connectivity index (χ0n) is 23.9. The molecule has 0 spiro atoms. The summed E-state index contributed by atoms with van der Waals surface area (Å²) in [5.74, 6) is 3.53. The number of hydrogen-bond donors (Lipinski definition) is 0. The van der Waals surface area contributed by atoms with Crippen LogP contribution in [-0.2, 0) is 5.41 Å². The van der Waals surface area contributed by atoms with Gasteiger partial charge in [0.15, 0.2) is 10.3 Å². The normalized spacial score (nSPS) is 15.2. The van der Waals surface area contributed by atoms with Gasteiger partial charge in [0.25, 0.3) is 0 Å². The topological polar surface area (TPSA) is 70.0 Å². The van der Waals surface area contributed by atoms with Gasteiger partial charge in [-0.15, -0.1) is 20.4 Å². The highest BCUT2D eigenvalue weighted by atomic mass is 35.5. The monoisotopic (exact) mass is 588 g/mol. The molecule has 212 valence electrons. The molecule has 0 saturated heterocycles. The molecule has 0 aliphatic heterocycles. The van der Waals surface area contributed by atoms with Gasteiger partial charge in [0.05, 0.1) is 0 Å².